The third kappa shape index (κ3) is 4.36. The van der Waals surface area contributed by atoms with Gasteiger partial charge in [-0.3, -0.25) is 9.59 Å². The summed E-state index contributed by atoms with van der Waals surface area (Å²) in [4.78, 5) is 26.8. The van der Waals surface area contributed by atoms with Crippen LogP contribution >= 0.6 is 0 Å². The van der Waals surface area contributed by atoms with E-state index < -0.39 is 23.5 Å². The van der Waals surface area contributed by atoms with Crippen LogP contribution in [0.15, 0.2) is 54.1 Å². The summed E-state index contributed by atoms with van der Waals surface area (Å²) in [6, 6.07) is 11.3. The molecule has 1 N–H and O–H groups in total. The number of aliphatic hydroxyl groups is 1. The first-order valence-corrected chi connectivity index (χ1v) is 9.74. The third-order valence-electron chi connectivity index (χ3n) is 4.86. The van der Waals surface area contributed by atoms with Gasteiger partial charge in [0.1, 0.15) is 17.3 Å². The van der Waals surface area contributed by atoms with E-state index in [1.54, 1.807) is 24.3 Å². The minimum absolute atomic E-state index is 0.0371. The zero-order chi connectivity index (χ0) is 21.7. The van der Waals surface area contributed by atoms with Gasteiger partial charge in [-0.05, 0) is 48.4 Å². The van der Waals surface area contributed by atoms with Crippen LogP contribution < -0.4 is 4.74 Å². The van der Waals surface area contributed by atoms with Crippen LogP contribution in [0.3, 0.4) is 0 Å². The fourth-order valence-electron chi connectivity index (χ4n) is 3.38. The van der Waals surface area contributed by atoms with E-state index in [2.05, 4.69) is 0 Å². The molecule has 1 aliphatic heterocycles. The Hall–Kier alpha value is -3.19. The number of ketones is 1. The maximum Gasteiger partial charge on any atom is 0.295 e. The molecule has 1 atom stereocenters. The highest BCUT2D eigenvalue weighted by molar-refractivity contribution is 6.46. The molecule has 1 amide bonds. The van der Waals surface area contributed by atoms with E-state index in [1.807, 2.05) is 6.92 Å². The monoisotopic (exact) mass is 413 g/mol. The van der Waals surface area contributed by atoms with Crippen LogP contribution in [0, 0.1) is 5.82 Å². The lowest BCUT2D eigenvalue weighted by molar-refractivity contribution is -0.140. The number of rotatable bonds is 8. The smallest absolute Gasteiger partial charge is 0.295 e. The molecule has 6 nitrogen and oxygen atoms in total. The molecule has 2 aromatic rings. The van der Waals surface area contributed by atoms with E-state index >= 15 is 0 Å². The number of halogens is 1. The van der Waals surface area contributed by atoms with Crippen molar-refractivity contribution < 1.29 is 28.6 Å². The van der Waals surface area contributed by atoms with E-state index in [1.165, 1.54) is 36.3 Å². The van der Waals surface area contributed by atoms with Crippen molar-refractivity contribution in [2.75, 3.05) is 26.9 Å². The number of amides is 1. The molecule has 2 aromatic carbocycles. The van der Waals surface area contributed by atoms with E-state index in [0.29, 0.717) is 23.5 Å². The summed E-state index contributed by atoms with van der Waals surface area (Å²) in [6.07, 6.45) is 0.865. The number of hydrogen-bond donors (Lipinski definition) is 1. The van der Waals surface area contributed by atoms with Gasteiger partial charge in [-0.2, -0.15) is 0 Å². The first kappa shape index (κ1) is 21.5. The molecule has 7 heteroatoms. The summed E-state index contributed by atoms with van der Waals surface area (Å²) < 4.78 is 24.0. The number of likely N-dealkylation sites (tertiary alicyclic amines) is 1. The molecule has 30 heavy (non-hydrogen) atoms. The molecule has 0 spiro atoms. The topological polar surface area (TPSA) is 76.1 Å². The number of methoxy groups -OCH3 is 1. The van der Waals surface area contributed by atoms with Crippen molar-refractivity contribution in [1.82, 2.24) is 4.90 Å². The van der Waals surface area contributed by atoms with E-state index in [4.69, 9.17) is 9.47 Å². The van der Waals surface area contributed by atoms with Gasteiger partial charge >= 0.3 is 0 Å². The molecule has 3 rings (SSSR count). The van der Waals surface area contributed by atoms with Crippen molar-refractivity contribution in [3.63, 3.8) is 0 Å². The van der Waals surface area contributed by atoms with Crippen LogP contribution in [-0.2, 0) is 14.3 Å². The summed E-state index contributed by atoms with van der Waals surface area (Å²) in [7, 11) is 1.49. The highest BCUT2D eigenvalue weighted by atomic mass is 19.1. The van der Waals surface area contributed by atoms with Gasteiger partial charge in [0.2, 0.25) is 0 Å². The van der Waals surface area contributed by atoms with Gasteiger partial charge in [0.05, 0.1) is 24.8 Å². The predicted molar refractivity (Wildman–Crippen MR) is 110 cm³/mol. The second kappa shape index (κ2) is 9.54. The molecule has 1 fully saturated rings. The summed E-state index contributed by atoms with van der Waals surface area (Å²) in [5, 5.41) is 10.9. The van der Waals surface area contributed by atoms with Crippen molar-refractivity contribution in [2.24, 2.45) is 0 Å². The minimum atomic E-state index is -0.836. The van der Waals surface area contributed by atoms with Crippen LogP contribution in [0.5, 0.6) is 5.75 Å². The highest BCUT2D eigenvalue weighted by Gasteiger charge is 2.45. The largest absolute Gasteiger partial charge is 0.507 e. The highest BCUT2D eigenvalue weighted by Crippen LogP contribution is 2.39. The number of benzene rings is 2. The quantitative estimate of drug-likeness (QED) is 0.406. The predicted octanol–water partition coefficient (Wildman–Crippen LogP) is 3.68. The van der Waals surface area contributed by atoms with Gasteiger partial charge in [-0.15, -0.1) is 0 Å². The van der Waals surface area contributed by atoms with Crippen molar-refractivity contribution in [3.05, 3.63) is 71.0 Å². The van der Waals surface area contributed by atoms with Crippen LogP contribution in [0.2, 0.25) is 0 Å². The first-order chi connectivity index (χ1) is 14.5. The molecule has 0 saturated carbocycles. The van der Waals surface area contributed by atoms with Crippen LogP contribution in [0.4, 0.5) is 4.39 Å². The number of ether oxygens (including phenoxy) is 2. The lowest BCUT2D eigenvalue weighted by Gasteiger charge is -2.25. The lowest BCUT2D eigenvalue weighted by Crippen LogP contribution is -2.32. The third-order valence-corrected chi connectivity index (χ3v) is 4.86. The standard InChI is InChI=1S/C23H24FNO5/c1-3-13-30-18-10-6-16(7-11-18)21(26)19-20(15-4-8-17(24)9-5-15)25(12-14-29-2)23(28)22(19)27/h4-11,20,26H,3,12-14H2,1-2H3/b21-19-. The van der Waals surface area contributed by atoms with Crippen molar-refractivity contribution in [3.8, 4) is 5.75 Å². The van der Waals surface area contributed by atoms with Crippen LogP contribution in [-0.4, -0.2) is 48.6 Å². The maximum atomic E-state index is 13.4. The van der Waals surface area contributed by atoms with E-state index in [9.17, 15) is 19.1 Å². The first-order valence-electron chi connectivity index (χ1n) is 9.74. The molecular weight excluding hydrogens is 389 g/mol. The van der Waals surface area contributed by atoms with Crippen molar-refractivity contribution in [1.29, 1.82) is 0 Å². The molecule has 1 heterocycles. The maximum absolute atomic E-state index is 13.4. The van der Waals surface area contributed by atoms with Gasteiger partial charge in [0, 0.05) is 19.2 Å². The summed E-state index contributed by atoms with van der Waals surface area (Å²) >= 11 is 0. The molecule has 0 bridgehead atoms. The molecule has 0 aliphatic carbocycles. The number of Topliss-reactive ketones (excluding diaryl/α,β-unsaturated/α-hetero) is 1. The van der Waals surface area contributed by atoms with E-state index in [-0.39, 0.29) is 24.5 Å². The fraction of sp³-hybridized carbons (Fsp3) is 0.304. The Morgan fingerprint density at radius 1 is 1.07 bits per heavy atom. The Balaban J connectivity index is 2.04. The Morgan fingerprint density at radius 3 is 2.33 bits per heavy atom. The van der Waals surface area contributed by atoms with Gasteiger partial charge in [-0.25, -0.2) is 4.39 Å². The second-order valence-corrected chi connectivity index (χ2v) is 6.91. The summed E-state index contributed by atoms with van der Waals surface area (Å²) in [5.74, 6) is -1.60. The van der Waals surface area contributed by atoms with E-state index in [0.717, 1.165) is 6.42 Å². The lowest BCUT2D eigenvalue weighted by atomic mass is 9.95. The molecule has 158 valence electrons. The number of carbonyl (C=O) groups excluding carboxylic acids is 2. The molecule has 1 aliphatic rings. The normalized spacial score (nSPS) is 18.1. The minimum Gasteiger partial charge on any atom is -0.507 e. The van der Waals surface area contributed by atoms with Gasteiger partial charge in [0.15, 0.2) is 0 Å². The number of carbonyl (C=O) groups is 2. The Morgan fingerprint density at radius 2 is 1.73 bits per heavy atom. The van der Waals surface area contributed by atoms with Gasteiger partial charge in [-0.1, -0.05) is 19.1 Å². The molecule has 1 saturated heterocycles. The number of hydrogen-bond acceptors (Lipinski definition) is 5. The number of nitrogens with zero attached hydrogens (tertiary/aromatic N) is 1. The average molecular weight is 413 g/mol. The van der Waals surface area contributed by atoms with Crippen molar-refractivity contribution in [2.45, 2.75) is 19.4 Å². The Labute approximate surface area is 174 Å². The number of aliphatic hydroxyl groups excluding tert-OH is 1. The molecule has 1 unspecified atom stereocenters. The van der Waals surface area contributed by atoms with Crippen LogP contribution in [0.25, 0.3) is 5.76 Å². The van der Waals surface area contributed by atoms with Gasteiger partial charge < -0.3 is 19.5 Å². The Bertz CT molecular complexity index is 937. The molecule has 0 aromatic heterocycles. The van der Waals surface area contributed by atoms with Crippen LogP contribution in [0.1, 0.15) is 30.5 Å². The SMILES string of the molecule is CCCOc1ccc(/C(O)=C2/C(=O)C(=O)N(CCOC)C2c2ccc(F)cc2)cc1. The molecular formula is C23H24FNO5. The summed E-state index contributed by atoms with van der Waals surface area (Å²) in [5.41, 5.74) is 0.872. The summed E-state index contributed by atoms with van der Waals surface area (Å²) in [6.45, 7) is 2.94. The van der Waals surface area contributed by atoms with Crippen molar-refractivity contribution >= 4 is 17.4 Å². The second-order valence-electron chi connectivity index (χ2n) is 6.91. The zero-order valence-corrected chi connectivity index (χ0v) is 16.9. The Kier molecular flexibility index (Phi) is 6.84. The van der Waals surface area contributed by atoms with Gasteiger partial charge in [0.25, 0.3) is 11.7 Å². The zero-order valence-electron chi connectivity index (χ0n) is 16.9. The fourth-order valence-corrected chi connectivity index (χ4v) is 3.38. The average Bonchev–Trinajstić information content (AvgIpc) is 3.01. The molecule has 0 radical (unpaired) electrons.